The van der Waals surface area contributed by atoms with Crippen molar-refractivity contribution in [3.8, 4) is 0 Å². The molecule has 0 aliphatic heterocycles. The summed E-state index contributed by atoms with van der Waals surface area (Å²) in [5.41, 5.74) is 0.573. The van der Waals surface area contributed by atoms with Gasteiger partial charge in [0.05, 0.1) is 10.9 Å². The Bertz CT molecular complexity index is 562. The van der Waals surface area contributed by atoms with E-state index in [0.29, 0.717) is 16.7 Å². The van der Waals surface area contributed by atoms with Gasteiger partial charge in [-0.25, -0.2) is 4.98 Å². The van der Waals surface area contributed by atoms with E-state index in [1.54, 1.807) is 13.0 Å². The Labute approximate surface area is 96.8 Å². The first-order valence-electron chi connectivity index (χ1n) is 3.93. The number of aryl methyl sites for hydroxylation is 1. The van der Waals surface area contributed by atoms with Crippen LogP contribution in [-0.2, 0) is 0 Å². The lowest BCUT2D eigenvalue weighted by molar-refractivity contribution is 1.06. The molecule has 0 atom stereocenters. The van der Waals surface area contributed by atoms with Crippen molar-refractivity contribution in [3.05, 3.63) is 37.3 Å². The fraction of sp³-hybridized carbons (Fsp3) is 0.111. The lowest BCUT2D eigenvalue weighted by atomic mass is 10.2. The lowest BCUT2D eigenvalue weighted by Crippen LogP contribution is -2.09. The highest BCUT2D eigenvalue weighted by Crippen LogP contribution is 2.24. The molecule has 1 N–H and O–H groups in total. The molecule has 5 heteroatoms. The zero-order chi connectivity index (χ0) is 10.3. The summed E-state index contributed by atoms with van der Waals surface area (Å²) in [7, 11) is 0. The summed E-state index contributed by atoms with van der Waals surface area (Å²) >= 11 is 6.70. The first-order valence-corrected chi connectivity index (χ1v) is 5.52. The monoisotopic (exact) mass is 316 g/mol. The predicted molar refractivity (Wildman–Crippen MR) is 62.5 cm³/mol. The fourth-order valence-electron chi connectivity index (χ4n) is 1.28. The van der Waals surface area contributed by atoms with Gasteiger partial charge in [-0.3, -0.25) is 4.79 Å². The third kappa shape index (κ3) is 1.62. The second kappa shape index (κ2) is 3.47. The van der Waals surface area contributed by atoms with Crippen LogP contribution >= 0.6 is 31.9 Å². The number of benzene rings is 1. The second-order valence-electron chi connectivity index (χ2n) is 2.94. The van der Waals surface area contributed by atoms with Gasteiger partial charge in [-0.2, -0.15) is 0 Å². The summed E-state index contributed by atoms with van der Waals surface area (Å²) in [5.74, 6) is 0.616. The van der Waals surface area contributed by atoms with E-state index in [0.717, 1.165) is 8.95 Å². The van der Waals surface area contributed by atoms with Crippen LogP contribution in [0.3, 0.4) is 0 Å². The third-order valence-corrected chi connectivity index (χ3v) is 2.91. The highest BCUT2D eigenvalue weighted by atomic mass is 79.9. The van der Waals surface area contributed by atoms with E-state index >= 15 is 0 Å². The van der Waals surface area contributed by atoms with Crippen molar-refractivity contribution in [2.45, 2.75) is 6.92 Å². The Morgan fingerprint density at radius 3 is 2.79 bits per heavy atom. The molecule has 0 saturated heterocycles. The number of hydrogen-bond donors (Lipinski definition) is 1. The molecule has 14 heavy (non-hydrogen) atoms. The largest absolute Gasteiger partial charge is 0.310 e. The fourth-order valence-corrected chi connectivity index (χ4v) is 2.59. The summed E-state index contributed by atoms with van der Waals surface area (Å²) in [6.07, 6.45) is 0. The molecule has 2 aromatic rings. The maximum Gasteiger partial charge on any atom is 0.258 e. The van der Waals surface area contributed by atoms with Crippen molar-refractivity contribution in [1.82, 2.24) is 9.97 Å². The molecule has 0 unspecified atom stereocenters. The lowest BCUT2D eigenvalue weighted by Gasteiger charge is -2.01. The number of aromatic amines is 1. The van der Waals surface area contributed by atoms with E-state index in [1.807, 2.05) is 6.07 Å². The Balaban J connectivity index is 3.02. The summed E-state index contributed by atoms with van der Waals surface area (Å²) < 4.78 is 1.67. The van der Waals surface area contributed by atoms with Gasteiger partial charge in [-0.15, -0.1) is 0 Å². The van der Waals surface area contributed by atoms with Crippen molar-refractivity contribution in [1.29, 1.82) is 0 Å². The van der Waals surface area contributed by atoms with E-state index in [1.165, 1.54) is 0 Å². The van der Waals surface area contributed by atoms with Gasteiger partial charge in [0.1, 0.15) is 5.82 Å². The average molecular weight is 318 g/mol. The molecule has 0 fully saturated rings. The van der Waals surface area contributed by atoms with Crippen LogP contribution in [0.25, 0.3) is 10.9 Å². The van der Waals surface area contributed by atoms with E-state index in [9.17, 15) is 4.79 Å². The standard InChI is InChI=1S/C9H6Br2N2O/c1-4-12-8-6(9(14)13-4)2-5(10)3-7(8)11/h2-3H,1H3,(H,12,13,14). The van der Waals surface area contributed by atoms with Crippen molar-refractivity contribution < 1.29 is 0 Å². The molecular weight excluding hydrogens is 312 g/mol. The summed E-state index contributed by atoms with van der Waals surface area (Å²) in [6.45, 7) is 1.76. The molecule has 2 rings (SSSR count). The minimum Gasteiger partial charge on any atom is -0.310 e. The molecule has 3 nitrogen and oxygen atoms in total. The van der Waals surface area contributed by atoms with Crippen LogP contribution in [-0.4, -0.2) is 9.97 Å². The van der Waals surface area contributed by atoms with Gasteiger partial charge in [0, 0.05) is 8.95 Å². The van der Waals surface area contributed by atoms with Crippen LogP contribution in [0.1, 0.15) is 5.82 Å². The van der Waals surface area contributed by atoms with Crippen molar-refractivity contribution in [2.24, 2.45) is 0 Å². The molecule has 0 aliphatic carbocycles. The third-order valence-electron chi connectivity index (χ3n) is 1.85. The molecule has 0 saturated carbocycles. The number of hydrogen-bond acceptors (Lipinski definition) is 2. The molecule has 0 amide bonds. The van der Waals surface area contributed by atoms with E-state index in [-0.39, 0.29) is 5.56 Å². The molecule has 0 bridgehead atoms. The quantitative estimate of drug-likeness (QED) is 0.812. The van der Waals surface area contributed by atoms with Crippen molar-refractivity contribution in [2.75, 3.05) is 0 Å². The van der Waals surface area contributed by atoms with Gasteiger partial charge in [-0.05, 0) is 35.0 Å². The topological polar surface area (TPSA) is 45.8 Å². The van der Waals surface area contributed by atoms with Crippen LogP contribution < -0.4 is 5.56 Å². The normalized spacial score (nSPS) is 10.8. The highest BCUT2D eigenvalue weighted by molar-refractivity contribution is 9.11. The van der Waals surface area contributed by atoms with Crippen LogP contribution in [0.5, 0.6) is 0 Å². The van der Waals surface area contributed by atoms with Crippen LogP contribution in [0.4, 0.5) is 0 Å². The molecule has 1 aromatic carbocycles. The Kier molecular flexibility index (Phi) is 2.45. The number of nitrogens with zero attached hydrogens (tertiary/aromatic N) is 1. The smallest absolute Gasteiger partial charge is 0.258 e. The van der Waals surface area contributed by atoms with Gasteiger partial charge < -0.3 is 4.98 Å². The zero-order valence-electron chi connectivity index (χ0n) is 7.27. The number of rotatable bonds is 0. The first kappa shape index (κ1) is 9.86. The number of fused-ring (bicyclic) bond motifs is 1. The molecule has 1 aromatic heterocycles. The van der Waals surface area contributed by atoms with Crippen LogP contribution in [0.15, 0.2) is 25.9 Å². The minimum absolute atomic E-state index is 0.116. The van der Waals surface area contributed by atoms with Gasteiger partial charge >= 0.3 is 0 Å². The van der Waals surface area contributed by atoms with Gasteiger partial charge in [-0.1, -0.05) is 15.9 Å². The number of nitrogens with one attached hydrogen (secondary N) is 1. The average Bonchev–Trinajstić information content (AvgIpc) is 2.07. The SMILES string of the molecule is Cc1nc2c(Br)cc(Br)cc2c(=O)[nH]1. The molecule has 0 aliphatic rings. The highest BCUT2D eigenvalue weighted by Gasteiger charge is 2.06. The molecular formula is C9H6Br2N2O. The van der Waals surface area contributed by atoms with Gasteiger partial charge in [0.15, 0.2) is 0 Å². The van der Waals surface area contributed by atoms with Crippen molar-refractivity contribution in [3.63, 3.8) is 0 Å². The van der Waals surface area contributed by atoms with Crippen LogP contribution in [0, 0.1) is 6.92 Å². The summed E-state index contributed by atoms with van der Waals surface area (Å²) in [4.78, 5) is 18.5. The van der Waals surface area contributed by atoms with Gasteiger partial charge in [0.25, 0.3) is 5.56 Å². The molecule has 72 valence electrons. The Morgan fingerprint density at radius 2 is 2.07 bits per heavy atom. The number of aromatic nitrogens is 2. The summed E-state index contributed by atoms with van der Waals surface area (Å²) in [5, 5.41) is 0.580. The Hall–Kier alpha value is -0.680. The van der Waals surface area contributed by atoms with E-state index in [4.69, 9.17) is 0 Å². The predicted octanol–water partition coefficient (Wildman–Crippen LogP) is 2.76. The summed E-state index contributed by atoms with van der Waals surface area (Å²) in [6, 6.07) is 3.62. The molecule has 0 spiro atoms. The van der Waals surface area contributed by atoms with E-state index in [2.05, 4.69) is 41.8 Å². The van der Waals surface area contributed by atoms with Crippen molar-refractivity contribution >= 4 is 42.8 Å². The molecule has 0 radical (unpaired) electrons. The van der Waals surface area contributed by atoms with Gasteiger partial charge in [0.2, 0.25) is 0 Å². The number of H-pyrrole nitrogens is 1. The van der Waals surface area contributed by atoms with E-state index < -0.39 is 0 Å². The minimum atomic E-state index is -0.116. The van der Waals surface area contributed by atoms with Crippen LogP contribution in [0.2, 0.25) is 0 Å². The second-order valence-corrected chi connectivity index (χ2v) is 4.71. The Morgan fingerprint density at radius 1 is 1.36 bits per heavy atom. The molecule has 1 heterocycles. The first-order chi connectivity index (χ1) is 6.58. The zero-order valence-corrected chi connectivity index (χ0v) is 10.4. The maximum atomic E-state index is 11.6. The maximum absolute atomic E-state index is 11.6. The number of halogens is 2.